The van der Waals surface area contributed by atoms with Crippen LogP contribution in [0.15, 0.2) is 18.2 Å². The lowest BCUT2D eigenvalue weighted by atomic mass is 10.1. The maximum atomic E-state index is 11.3. The van der Waals surface area contributed by atoms with Crippen LogP contribution in [0.25, 0.3) is 0 Å². The third-order valence-corrected chi connectivity index (χ3v) is 2.65. The van der Waals surface area contributed by atoms with Crippen molar-refractivity contribution in [2.45, 2.75) is 6.42 Å². The Morgan fingerprint density at radius 1 is 1.41 bits per heavy atom. The van der Waals surface area contributed by atoms with Gasteiger partial charge in [0.1, 0.15) is 0 Å². The number of nitrogens with one attached hydrogen (secondary N) is 2. The van der Waals surface area contributed by atoms with Gasteiger partial charge in [0.2, 0.25) is 15.9 Å². The average Bonchev–Trinajstić information content (AvgIpc) is 2.20. The van der Waals surface area contributed by atoms with E-state index in [0.717, 1.165) is 6.26 Å². The van der Waals surface area contributed by atoms with Crippen LogP contribution < -0.4 is 15.8 Å². The zero-order chi connectivity index (χ0) is 13.1. The second kappa shape index (κ2) is 5.05. The summed E-state index contributed by atoms with van der Waals surface area (Å²) in [6.45, 7) is 0. The van der Waals surface area contributed by atoms with Gasteiger partial charge in [-0.1, -0.05) is 0 Å². The highest BCUT2D eigenvalue weighted by Crippen LogP contribution is 2.20. The van der Waals surface area contributed by atoms with E-state index in [4.69, 9.17) is 5.73 Å². The van der Waals surface area contributed by atoms with E-state index in [2.05, 4.69) is 10.0 Å². The second-order valence-corrected chi connectivity index (χ2v) is 5.39. The van der Waals surface area contributed by atoms with Crippen molar-refractivity contribution in [1.82, 2.24) is 5.32 Å². The molecule has 0 aromatic heterocycles. The van der Waals surface area contributed by atoms with Gasteiger partial charge in [0.15, 0.2) is 0 Å². The Morgan fingerprint density at radius 3 is 2.59 bits per heavy atom. The fraction of sp³-hybridized carbons (Fsp3) is 0.300. The largest absolute Gasteiger partial charge is 0.399 e. The highest BCUT2D eigenvalue weighted by molar-refractivity contribution is 7.92. The normalized spacial score (nSPS) is 10.9. The first kappa shape index (κ1) is 13.3. The number of rotatable bonds is 4. The zero-order valence-electron chi connectivity index (χ0n) is 9.65. The van der Waals surface area contributed by atoms with Crippen molar-refractivity contribution in [1.29, 1.82) is 0 Å². The van der Waals surface area contributed by atoms with Crippen molar-refractivity contribution in [3.05, 3.63) is 23.8 Å². The van der Waals surface area contributed by atoms with Gasteiger partial charge in [-0.2, -0.15) is 0 Å². The predicted molar refractivity (Wildman–Crippen MR) is 67.1 cm³/mol. The molecule has 0 unspecified atom stereocenters. The summed E-state index contributed by atoms with van der Waals surface area (Å²) in [5, 5.41) is 2.47. The first-order chi connectivity index (χ1) is 7.81. The van der Waals surface area contributed by atoms with E-state index in [9.17, 15) is 13.2 Å². The third-order valence-electron chi connectivity index (χ3n) is 2.05. The van der Waals surface area contributed by atoms with Crippen LogP contribution in [-0.4, -0.2) is 27.6 Å². The number of likely N-dealkylation sites (N-methyl/N-ethyl adjacent to an activating group) is 1. The number of sulfonamides is 1. The van der Waals surface area contributed by atoms with Gasteiger partial charge in [0.25, 0.3) is 0 Å². The number of carbonyl (C=O) groups is 1. The molecule has 0 saturated heterocycles. The van der Waals surface area contributed by atoms with Gasteiger partial charge in [0.05, 0.1) is 18.4 Å². The highest BCUT2D eigenvalue weighted by atomic mass is 32.2. The molecule has 0 aliphatic rings. The summed E-state index contributed by atoms with van der Waals surface area (Å²) < 4.78 is 24.6. The summed E-state index contributed by atoms with van der Waals surface area (Å²) in [4.78, 5) is 11.3. The number of anilines is 2. The summed E-state index contributed by atoms with van der Waals surface area (Å²) in [6, 6.07) is 4.68. The van der Waals surface area contributed by atoms with E-state index in [-0.39, 0.29) is 12.3 Å². The Bertz CT molecular complexity index is 526. The smallest absolute Gasteiger partial charge is 0.229 e. The van der Waals surface area contributed by atoms with Crippen LogP contribution in [-0.2, 0) is 21.2 Å². The SMILES string of the molecule is CNC(=O)Cc1cc(N)ccc1NS(C)(=O)=O. The minimum Gasteiger partial charge on any atom is -0.399 e. The van der Waals surface area contributed by atoms with Crippen molar-refractivity contribution < 1.29 is 13.2 Å². The molecule has 0 atom stereocenters. The number of hydrogen-bond donors (Lipinski definition) is 3. The van der Waals surface area contributed by atoms with Gasteiger partial charge >= 0.3 is 0 Å². The molecule has 1 amide bonds. The lowest BCUT2D eigenvalue weighted by Crippen LogP contribution is -2.21. The third kappa shape index (κ3) is 4.31. The van der Waals surface area contributed by atoms with Crippen molar-refractivity contribution in [2.24, 2.45) is 0 Å². The van der Waals surface area contributed by atoms with Crippen LogP contribution in [0, 0.1) is 0 Å². The molecule has 0 fully saturated rings. The summed E-state index contributed by atoms with van der Waals surface area (Å²) in [7, 11) is -1.87. The summed E-state index contributed by atoms with van der Waals surface area (Å²) in [5.74, 6) is -0.216. The maximum absolute atomic E-state index is 11.3. The van der Waals surface area contributed by atoms with Crippen LogP contribution >= 0.6 is 0 Å². The van der Waals surface area contributed by atoms with Gasteiger partial charge in [-0.15, -0.1) is 0 Å². The lowest BCUT2D eigenvalue weighted by molar-refractivity contribution is -0.119. The summed E-state index contributed by atoms with van der Waals surface area (Å²) in [6.07, 6.45) is 1.12. The van der Waals surface area contributed by atoms with Crippen LogP contribution in [0.4, 0.5) is 11.4 Å². The molecular weight excluding hydrogens is 242 g/mol. The fourth-order valence-corrected chi connectivity index (χ4v) is 1.92. The van der Waals surface area contributed by atoms with Crippen molar-refractivity contribution in [2.75, 3.05) is 23.8 Å². The molecule has 0 aliphatic heterocycles. The Morgan fingerprint density at radius 2 is 2.06 bits per heavy atom. The Balaban J connectivity index is 3.08. The van der Waals surface area contributed by atoms with Crippen LogP contribution in [0.2, 0.25) is 0 Å². The number of nitrogen functional groups attached to an aromatic ring is 1. The molecule has 94 valence electrons. The minimum atomic E-state index is -3.38. The first-order valence-electron chi connectivity index (χ1n) is 4.88. The van der Waals surface area contributed by atoms with Gasteiger partial charge in [-0.3, -0.25) is 9.52 Å². The van der Waals surface area contributed by atoms with Gasteiger partial charge in [0, 0.05) is 12.7 Å². The first-order valence-corrected chi connectivity index (χ1v) is 6.78. The molecular formula is C10H15N3O3S. The Hall–Kier alpha value is -1.76. The minimum absolute atomic E-state index is 0.0688. The monoisotopic (exact) mass is 257 g/mol. The topological polar surface area (TPSA) is 101 Å². The molecule has 0 heterocycles. The van der Waals surface area contributed by atoms with Gasteiger partial charge < -0.3 is 11.1 Å². The average molecular weight is 257 g/mol. The summed E-state index contributed by atoms with van der Waals surface area (Å²) >= 11 is 0. The molecule has 0 radical (unpaired) electrons. The van der Waals surface area contributed by atoms with E-state index >= 15 is 0 Å². The van der Waals surface area contributed by atoms with Crippen molar-refractivity contribution in [3.8, 4) is 0 Å². The maximum Gasteiger partial charge on any atom is 0.229 e. The Labute approximate surface area is 100 Å². The molecule has 1 aromatic carbocycles. The number of hydrogen-bond acceptors (Lipinski definition) is 4. The molecule has 1 aromatic rings. The standard InChI is InChI=1S/C10H15N3O3S/c1-12-10(14)6-7-5-8(11)3-4-9(7)13-17(2,15)16/h3-5,13H,6,11H2,1-2H3,(H,12,14). The quantitative estimate of drug-likeness (QED) is 0.657. The summed E-state index contributed by atoms with van der Waals surface area (Å²) in [5.41, 5.74) is 6.98. The van der Waals surface area contributed by atoms with E-state index in [1.54, 1.807) is 12.1 Å². The molecule has 17 heavy (non-hydrogen) atoms. The number of carbonyl (C=O) groups excluding carboxylic acids is 1. The van der Waals surface area contributed by atoms with Gasteiger partial charge in [-0.25, -0.2) is 8.42 Å². The second-order valence-electron chi connectivity index (χ2n) is 3.64. The van der Waals surface area contributed by atoms with E-state index in [1.165, 1.54) is 13.1 Å². The van der Waals surface area contributed by atoms with Gasteiger partial charge in [-0.05, 0) is 23.8 Å². The number of amides is 1. The zero-order valence-corrected chi connectivity index (χ0v) is 10.5. The van der Waals surface area contributed by atoms with Crippen LogP contribution in [0.3, 0.4) is 0 Å². The van der Waals surface area contributed by atoms with E-state index < -0.39 is 10.0 Å². The van der Waals surface area contributed by atoms with E-state index in [0.29, 0.717) is 16.9 Å². The van der Waals surface area contributed by atoms with Crippen LogP contribution in [0.5, 0.6) is 0 Å². The molecule has 0 saturated carbocycles. The molecule has 0 bridgehead atoms. The van der Waals surface area contributed by atoms with Crippen molar-refractivity contribution in [3.63, 3.8) is 0 Å². The molecule has 4 N–H and O–H groups in total. The number of benzene rings is 1. The molecule has 7 heteroatoms. The molecule has 0 aliphatic carbocycles. The van der Waals surface area contributed by atoms with E-state index in [1.807, 2.05) is 0 Å². The van der Waals surface area contributed by atoms with Crippen LogP contribution in [0.1, 0.15) is 5.56 Å². The highest BCUT2D eigenvalue weighted by Gasteiger charge is 2.10. The fourth-order valence-electron chi connectivity index (χ4n) is 1.32. The van der Waals surface area contributed by atoms with Crippen molar-refractivity contribution >= 4 is 27.3 Å². The molecule has 0 spiro atoms. The number of nitrogens with two attached hydrogens (primary N) is 1. The Kier molecular flexibility index (Phi) is 3.95. The lowest BCUT2D eigenvalue weighted by Gasteiger charge is -2.11. The predicted octanol–water partition coefficient (Wildman–Crippen LogP) is -0.0712. The molecule has 6 nitrogen and oxygen atoms in total. The molecule has 1 rings (SSSR count).